The maximum absolute atomic E-state index is 11.6. The lowest BCUT2D eigenvalue weighted by Crippen LogP contribution is -2.26. The first kappa shape index (κ1) is 13.6. The highest BCUT2D eigenvalue weighted by atomic mass is 16.6. The Morgan fingerprint density at radius 1 is 1.24 bits per heavy atom. The number of hydrogen-bond acceptors (Lipinski definition) is 4. The molecule has 0 saturated heterocycles. The molecule has 0 aliphatic heterocycles. The minimum Gasteiger partial charge on any atom is -0.460 e. The third-order valence-corrected chi connectivity index (χ3v) is 2.31. The zero-order chi connectivity index (χ0) is 13.1. The highest BCUT2D eigenvalue weighted by Crippen LogP contribution is 2.20. The summed E-state index contributed by atoms with van der Waals surface area (Å²) in [5.41, 5.74) is -0.534. The van der Waals surface area contributed by atoms with Crippen molar-refractivity contribution in [3.8, 4) is 0 Å². The molecule has 0 saturated carbocycles. The molecule has 0 bridgehead atoms. The zero-order valence-corrected chi connectivity index (χ0v) is 10.5. The number of ether oxygens (including phenoxy) is 1. The summed E-state index contributed by atoms with van der Waals surface area (Å²) in [5.74, 6) is -0.807. The average Bonchev–Trinajstić information content (AvgIpc) is 2.24. The molecule has 1 rings (SSSR count). The van der Waals surface area contributed by atoms with Gasteiger partial charge in [0.25, 0.3) is 0 Å². The minimum atomic E-state index is -0.534. The van der Waals surface area contributed by atoms with Crippen molar-refractivity contribution in [2.24, 2.45) is 5.92 Å². The molecule has 0 heterocycles. The van der Waals surface area contributed by atoms with Gasteiger partial charge in [0.1, 0.15) is 5.60 Å². The zero-order valence-electron chi connectivity index (χ0n) is 10.5. The minimum absolute atomic E-state index is 0.107. The van der Waals surface area contributed by atoms with Gasteiger partial charge in [0, 0.05) is 19.3 Å². The number of ketones is 2. The summed E-state index contributed by atoms with van der Waals surface area (Å²) >= 11 is 0. The van der Waals surface area contributed by atoms with Crippen molar-refractivity contribution in [3.05, 3.63) is 12.2 Å². The highest BCUT2D eigenvalue weighted by molar-refractivity contribution is 6.01. The Labute approximate surface area is 101 Å². The van der Waals surface area contributed by atoms with Crippen LogP contribution in [0.2, 0.25) is 0 Å². The SMILES string of the molecule is CC(C)(C)OC(=O)CC1CC(=O)C=CC(=O)C1. The van der Waals surface area contributed by atoms with Gasteiger partial charge in [-0.25, -0.2) is 0 Å². The summed E-state index contributed by atoms with van der Waals surface area (Å²) in [5, 5.41) is 0. The fraction of sp³-hybridized carbons (Fsp3) is 0.615. The summed E-state index contributed by atoms with van der Waals surface area (Å²) in [6.45, 7) is 5.36. The molecule has 0 fully saturated rings. The Bertz CT molecular complexity index is 340. The molecule has 0 radical (unpaired) electrons. The molecule has 4 heteroatoms. The van der Waals surface area contributed by atoms with E-state index in [1.807, 2.05) is 0 Å². The van der Waals surface area contributed by atoms with E-state index in [2.05, 4.69) is 0 Å². The van der Waals surface area contributed by atoms with Crippen LogP contribution < -0.4 is 0 Å². The van der Waals surface area contributed by atoms with Gasteiger partial charge in [-0.1, -0.05) is 0 Å². The van der Waals surface area contributed by atoms with Crippen molar-refractivity contribution in [3.63, 3.8) is 0 Å². The first-order valence-electron chi connectivity index (χ1n) is 5.72. The Morgan fingerprint density at radius 3 is 2.12 bits per heavy atom. The van der Waals surface area contributed by atoms with E-state index in [-0.39, 0.29) is 42.7 Å². The first-order chi connectivity index (χ1) is 7.76. The van der Waals surface area contributed by atoms with Gasteiger partial charge in [0.05, 0.1) is 0 Å². The second-order valence-corrected chi connectivity index (χ2v) is 5.33. The van der Waals surface area contributed by atoms with E-state index in [4.69, 9.17) is 4.74 Å². The quantitative estimate of drug-likeness (QED) is 0.688. The number of esters is 1. The summed E-state index contributed by atoms with van der Waals surface area (Å²) in [7, 11) is 0. The van der Waals surface area contributed by atoms with E-state index in [0.717, 1.165) is 0 Å². The summed E-state index contributed by atoms with van der Waals surface area (Å²) in [6.07, 6.45) is 3.17. The van der Waals surface area contributed by atoms with Gasteiger partial charge in [-0.05, 0) is 38.8 Å². The van der Waals surface area contributed by atoms with Gasteiger partial charge in [-0.2, -0.15) is 0 Å². The van der Waals surface area contributed by atoms with E-state index in [1.54, 1.807) is 20.8 Å². The van der Waals surface area contributed by atoms with Gasteiger partial charge in [0.15, 0.2) is 11.6 Å². The number of carbonyl (C=O) groups is 3. The molecule has 1 aliphatic carbocycles. The maximum atomic E-state index is 11.6. The normalized spacial score (nSPS) is 18.1. The highest BCUT2D eigenvalue weighted by Gasteiger charge is 2.24. The number of allylic oxidation sites excluding steroid dienone is 2. The lowest BCUT2D eigenvalue weighted by atomic mass is 9.95. The van der Waals surface area contributed by atoms with E-state index < -0.39 is 5.60 Å². The van der Waals surface area contributed by atoms with Crippen LogP contribution in [-0.4, -0.2) is 23.1 Å². The molecule has 0 unspecified atom stereocenters. The largest absolute Gasteiger partial charge is 0.460 e. The van der Waals surface area contributed by atoms with Crippen molar-refractivity contribution in [2.45, 2.75) is 45.6 Å². The van der Waals surface area contributed by atoms with Crippen LogP contribution in [0.15, 0.2) is 12.2 Å². The second-order valence-electron chi connectivity index (χ2n) is 5.33. The molecule has 1 aliphatic rings. The van der Waals surface area contributed by atoms with Gasteiger partial charge in [0.2, 0.25) is 0 Å². The molecular weight excluding hydrogens is 220 g/mol. The fourth-order valence-electron chi connectivity index (χ4n) is 1.73. The molecule has 94 valence electrons. The lowest BCUT2D eigenvalue weighted by Gasteiger charge is -2.21. The molecule has 4 nitrogen and oxygen atoms in total. The van der Waals surface area contributed by atoms with Crippen LogP contribution in [0.25, 0.3) is 0 Å². The number of rotatable bonds is 2. The van der Waals surface area contributed by atoms with E-state index in [9.17, 15) is 14.4 Å². The number of hydrogen-bond donors (Lipinski definition) is 0. The third kappa shape index (κ3) is 5.43. The summed E-state index contributed by atoms with van der Waals surface area (Å²) < 4.78 is 5.17. The second kappa shape index (κ2) is 5.25. The van der Waals surface area contributed by atoms with Crippen LogP contribution in [0, 0.1) is 5.92 Å². The van der Waals surface area contributed by atoms with E-state index in [0.29, 0.717) is 0 Å². The summed E-state index contributed by atoms with van der Waals surface area (Å²) in [6, 6.07) is 0. The molecular formula is C13H18O4. The lowest BCUT2D eigenvalue weighted by molar-refractivity contribution is -0.156. The molecule has 0 atom stereocenters. The van der Waals surface area contributed by atoms with E-state index in [1.165, 1.54) is 12.2 Å². The van der Waals surface area contributed by atoms with Gasteiger partial charge >= 0.3 is 5.97 Å². The monoisotopic (exact) mass is 238 g/mol. The standard InChI is InChI=1S/C13H18O4/c1-13(2,3)17-12(16)8-9-6-10(14)4-5-11(15)7-9/h4-5,9H,6-8H2,1-3H3. The maximum Gasteiger partial charge on any atom is 0.306 e. The van der Waals surface area contributed by atoms with E-state index >= 15 is 0 Å². The Hall–Kier alpha value is -1.45. The van der Waals surface area contributed by atoms with Crippen molar-refractivity contribution in [1.82, 2.24) is 0 Å². The molecule has 0 spiro atoms. The van der Waals surface area contributed by atoms with Crippen LogP contribution >= 0.6 is 0 Å². The number of carbonyl (C=O) groups excluding carboxylic acids is 3. The predicted octanol–water partition coefficient (Wildman–Crippen LogP) is 1.82. The smallest absolute Gasteiger partial charge is 0.306 e. The van der Waals surface area contributed by atoms with Crippen LogP contribution in [0.3, 0.4) is 0 Å². The van der Waals surface area contributed by atoms with Crippen molar-refractivity contribution < 1.29 is 19.1 Å². The van der Waals surface area contributed by atoms with Crippen LogP contribution in [0.5, 0.6) is 0 Å². The Kier molecular flexibility index (Phi) is 4.21. The third-order valence-electron chi connectivity index (χ3n) is 2.31. The molecule has 0 aromatic carbocycles. The average molecular weight is 238 g/mol. The van der Waals surface area contributed by atoms with Crippen molar-refractivity contribution in [1.29, 1.82) is 0 Å². The molecule has 0 aromatic rings. The Morgan fingerprint density at radius 2 is 1.71 bits per heavy atom. The van der Waals surface area contributed by atoms with Gasteiger partial charge in [-0.15, -0.1) is 0 Å². The predicted molar refractivity (Wildman–Crippen MR) is 62.3 cm³/mol. The van der Waals surface area contributed by atoms with Crippen LogP contribution in [0.4, 0.5) is 0 Å². The van der Waals surface area contributed by atoms with Crippen LogP contribution in [-0.2, 0) is 19.1 Å². The molecule has 0 amide bonds. The van der Waals surface area contributed by atoms with Gasteiger partial charge in [-0.3, -0.25) is 14.4 Å². The topological polar surface area (TPSA) is 60.4 Å². The first-order valence-corrected chi connectivity index (χ1v) is 5.72. The molecule has 0 aromatic heterocycles. The molecule has 17 heavy (non-hydrogen) atoms. The Balaban J connectivity index is 2.54. The fourth-order valence-corrected chi connectivity index (χ4v) is 1.73. The van der Waals surface area contributed by atoms with Gasteiger partial charge < -0.3 is 4.74 Å². The van der Waals surface area contributed by atoms with Crippen LogP contribution in [0.1, 0.15) is 40.0 Å². The summed E-state index contributed by atoms with van der Waals surface area (Å²) in [4.78, 5) is 34.2. The molecule has 0 N–H and O–H groups in total. The van der Waals surface area contributed by atoms with Crippen molar-refractivity contribution >= 4 is 17.5 Å². The van der Waals surface area contributed by atoms with Crippen molar-refractivity contribution in [2.75, 3.05) is 0 Å².